The number of halogens is 1. The summed E-state index contributed by atoms with van der Waals surface area (Å²) in [5, 5.41) is 11.0. The Bertz CT molecular complexity index is 707. The fourth-order valence-corrected chi connectivity index (χ4v) is 2.11. The molecule has 118 valence electrons. The maximum Gasteiger partial charge on any atom is 0.325 e. The molecule has 9 heteroatoms. The van der Waals surface area contributed by atoms with Crippen molar-refractivity contribution in [3.63, 3.8) is 0 Å². The van der Waals surface area contributed by atoms with E-state index in [9.17, 15) is 9.59 Å². The topological polar surface area (TPSA) is 91.0 Å². The van der Waals surface area contributed by atoms with E-state index in [0.29, 0.717) is 6.67 Å². The molecule has 0 unspecified atom stereocenters. The maximum absolute atomic E-state index is 11.8. The number of aryl methyl sites for hydroxylation is 1. The number of methoxy groups -OCH3 is 1. The molecule has 2 aromatic heterocycles. The molecule has 22 heavy (non-hydrogen) atoms. The first-order valence-electron chi connectivity index (χ1n) is 6.50. The molecule has 0 saturated heterocycles. The number of nitrogens with zero attached hydrogens (tertiary/aromatic N) is 4. The van der Waals surface area contributed by atoms with E-state index in [-0.39, 0.29) is 12.2 Å². The molecule has 2 rings (SSSR count). The number of esters is 1. The summed E-state index contributed by atoms with van der Waals surface area (Å²) < 4.78 is 8.78. The van der Waals surface area contributed by atoms with Gasteiger partial charge in [-0.3, -0.25) is 14.3 Å². The molecule has 2 heterocycles. The molecule has 0 aromatic carbocycles. The van der Waals surface area contributed by atoms with Crippen LogP contribution in [0.3, 0.4) is 0 Å². The zero-order valence-electron chi connectivity index (χ0n) is 12.5. The summed E-state index contributed by atoms with van der Waals surface area (Å²) in [6, 6.07) is 1.58. The summed E-state index contributed by atoms with van der Waals surface area (Å²) >= 11 is 3.46. The normalized spacial score (nSPS) is 10.5. The van der Waals surface area contributed by atoms with Crippen LogP contribution in [-0.2, 0) is 16.2 Å². The first-order valence-corrected chi connectivity index (χ1v) is 7.29. The van der Waals surface area contributed by atoms with E-state index >= 15 is 0 Å². The Morgan fingerprint density at radius 3 is 2.68 bits per heavy atom. The van der Waals surface area contributed by atoms with Gasteiger partial charge < -0.3 is 10.1 Å². The van der Waals surface area contributed by atoms with Gasteiger partial charge in [-0.25, -0.2) is 4.68 Å². The minimum absolute atomic E-state index is 0.188. The summed E-state index contributed by atoms with van der Waals surface area (Å²) in [6.07, 6.45) is 1.68. The molecule has 0 aliphatic rings. The van der Waals surface area contributed by atoms with Gasteiger partial charge in [0, 0.05) is 6.20 Å². The van der Waals surface area contributed by atoms with Gasteiger partial charge in [0.05, 0.1) is 23.0 Å². The van der Waals surface area contributed by atoms with Crippen LogP contribution in [0.4, 0.5) is 0 Å². The number of aromatic nitrogens is 4. The summed E-state index contributed by atoms with van der Waals surface area (Å²) in [7, 11) is 1.26. The van der Waals surface area contributed by atoms with Crippen LogP contribution in [0.2, 0.25) is 0 Å². The van der Waals surface area contributed by atoms with E-state index in [1.54, 1.807) is 21.6 Å². The van der Waals surface area contributed by atoms with E-state index in [1.165, 1.54) is 7.11 Å². The molecule has 2 aromatic rings. The lowest BCUT2D eigenvalue weighted by molar-refractivity contribution is -0.139. The molecule has 0 radical (unpaired) electrons. The Morgan fingerprint density at radius 2 is 2.09 bits per heavy atom. The van der Waals surface area contributed by atoms with Crippen molar-refractivity contribution in [1.29, 1.82) is 0 Å². The maximum atomic E-state index is 11.8. The van der Waals surface area contributed by atoms with Crippen LogP contribution in [0.5, 0.6) is 0 Å². The molecule has 0 spiro atoms. The Balaban J connectivity index is 2.03. The number of carbonyl (C=O) groups excluding carboxylic acids is 2. The highest BCUT2D eigenvalue weighted by molar-refractivity contribution is 9.10. The van der Waals surface area contributed by atoms with Crippen LogP contribution in [0, 0.1) is 13.8 Å². The second-order valence-electron chi connectivity index (χ2n) is 4.63. The third kappa shape index (κ3) is 3.53. The molecule has 1 N–H and O–H groups in total. The molecular formula is C13H16BrN5O3. The van der Waals surface area contributed by atoms with Gasteiger partial charge in [0.25, 0.3) is 5.91 Å². The van der Waals surface area contributed by atoms with E-state index in [4.69, 9.17) is 0 Å². The molecule has 0 aliphatic heterocycles. The third-order valence-electron chi connectivity index (χ3n) is 3.07. The summed E-state index contributed by atoms with van der Waals surface area (Å²) in [4.78, 5) is 22.8. The van der Waals surface area contributed by atoms with Gasteiger partial charge in [-0.15, -0.1) is 0 Å². The number of carbonyl (C=O) groups is 2. The summed E-state index contributed by atoms with van der Waals surface area (Å²) in [5.41, 5.74) is 2.09. The van der Waals surface area contributed by atoms with Crippen LogP contribution in [0.15, 0.2) is 16.7 Å². The van der Waals surface area contributed by atoms with E-state index in [0.717, 1.165) is 15.9 Å². The Labute approximate surface area is 135 Å². The van der Waals surface area contributed by atoms with Crippen molar-refractivity contribution in [1.82, 2.24) is 24.9 Å². The molecule has 1 amide bonds. The zero-order chi connectivity index (χ0) is 16.3. The van der Waals surface area contributed by atoms with E-state index in [2.05, 4.69) is 36.2 Å². The van der Waals surface area contributed by atoms with Crippen molar-refractivity contribution in [3.8, 4) is 0 Å². The number of rotatable bonds is 5. The number of nitrogens with one attached hydrogen (secondary N) is 1. The van der Waals surface area contributed by atoms with Gasteiger partial charge in [0.1, 0.15) is 18.9 Å². The fourth-order valence-electron chi connectivity index (χ4n) is 1.83. The zero-order valence-corrected chi connectivity index (χ0v) is 14.0. The molecule has 0 atom stereocenters. The monoisotopic (exact) mass is 369 g/mol. The molecular weight excluding hydrogens is 354 g/mol. The highest BCUT2D eigenvalue weighted by atomic mass is 79.9. The van der Waals surface area contributed by atoms with Crippen LogP contribution in [0.25, 0.3) is 0 Å². The van der Waals surface area contributed by atoms with E-state index in [1.807, 2.05) is 13.8 Å². The fraction of sp³-hybridized carbons (Fsp3) is 0.385. The highest BCUT2D eigenvalue weighted by Crippen LogP contribution is 2.19. The van der Waals surface area contributed by atoms with Gasteiger partial charge in [0.15, 0.2) is 0 Å². The first-order chi connectivity index (χ1) is 10.4. The molecule has 0 aliphatic carbocycles. The van der Waals surface area contributed by atoms with Crippen molar-refractivity contribution in [2.75, 3.05) is 13.7 Å². The molecule has 0 bridgehead atoms. The first kappa shape index (κ1) is 16.2. The number of hydrogen-bond acceptors (Lipinski definition) is 5. The quantitative estimate of drug-likeness (QED) is 0.789. The summed E-state index contributed by atoms with van der Waals surface area (Å²) in [5.74, 6) is -0.945. The standard InChI is InChI=1S/C13H16BrN5O3/c1-8-12(14)9(2)19(16-8)7-18-5-4-10(17-18)13(21)15-6-11(20)22-3/h4-5H,6-7H2,1-3H3,(H,15,21). The number of hydrogen-bond donors (Lipinski definition) is 1. The smallest absolute Gasteiger partial charge is 0.325 e. The van der Waals surface area contributed by atoms with Crippen LogP contribution < -0.4 is 5.32 Å². The van der Waals surface area contributed by atoms with Gasteiger partial charge in [0.2, 0.25) is 0 Å². The largest absolute Gasteiger partial charge is 0.468 e. The van der Waals surface area contributed by atoms with Crippen LogP contribution in [-0.4, -0.2) is 45.1 Å². The van der Waals surface area contributed by atoms with Gasteiger partial charge in [-0.05, 0) is 35.8 Å². The molecule has 8 nitrogen and oxygen atoms in total. The average Bonchev–Trinajstić information content (AvgIpc) is 3.06. The lowest BCUT2D eigenvalue weighted by atomic mass is 10.4. The van der Waals surface area contributed by atoms with Gasteiger partial charge >= 0.3 is 5.97 Å². The lowest BCUT2D eigenvalue weighted by Gasteiger charge is -2.04. The SMILES string of the molecule is COC(=O)CNC(=O)c1ccn(Cn2nc(C)c(Br)c2C)n1. The number of ether oxygens (including phenoxy) is 1. The predicted octanol–water partition coefficient (Wildman–Crippen LogP) is 0.868. The third-order valence-corrected chi connectivity index (χ3v) is 4.21. The van der Waals surface area contributed by atoms with Crippen molar-refractivity contribution < 1.29 is 14.3 Å². The van der Waals surface area contributed by atoms with Crippen molar-refractivity contribution >= 4 is 27.8 Å². The Kier molecular flexibility index (Phi) is 4.96. The Morgan fingerprint density at radius 1 is 1.36 bits per heavy atom. The van der Waals surface area contributed by atoms with E-state index < -0.39 is 11.9 Å². The predicted molar refractivity (Wildman–Crippen MR) is 81.4 cm³/mol. The van der Waals surface area contributed by atoms with Gasteiger partial charge in [-0.2, -0.15) is 10.2 Å². The highest BCUT2D eigenvalue weighted by Gasteiger charge is 2.13. The average molecular weight is 370 g/mol. The summed E-state index contributed by atoms with van der Waals surface area (Å²) in [6.45, 7) is 4.05. The van der Waals surface area contributed by atoms with Crippen molar-refractivity contribution in [2.45, 2.75) is 20.5 Å². The Hall–Kier alpha value is -2.16. The van der Waals surface area contributed by atoms with Crippen molar-refractivity contribution in [3.05, 3.63) is 33.8 Å². The lowest BCUT2D eigenvalue weighted by Crippen LogP contribution is -2.30. The van der Waals surface area contributed by atoms with Crippen molar-refractivity contribution in [2.24, 2.45) is 0 Å². The van der Waals surface area contributed by atoms with Crippen LogP contribution >= 0.6 is 15.9 Å². The second kappa shape index (κ2) is 6.73. The second-order valence-corrected chi connectivity index (χ2v) is 5.42. The molecule has 0 saturated carbocycles. The van der Waals surface area contributed by atoms with Gasteiger partial charge in [-0.1, -0.05) is 0 Å². The van der Waals surface area contributed by atoms with Crippen LogP contribution in [0.1, 0.15) is 21.9 Å². The molecule has 0 fully saturated rings. The number of amides is 1. The minimum Gasteiger partial charge on any atom is -0.468 e. The minimum atomic E-state index is -0.514.